The summed E-state index contributed by atoms with van der Waals surface area (Å²) in [4.78, 5) is 18.1. The van der Waals surface area contributed by atoms with Gasteiger partial charge >= 0.3 is 0 Å². The van der Waals surface area contributed by atoms with E-state index < -0.39 is 0 Å². The van der Waals surface area contributed by atoms with E-state index in [1.54, 1.807) is 12.1 Å². The predicted molar refractivity (Wildman–Crippen MR) is 86.2 cm³/mol. The fourth-order valence-electron chi connectivity index (χ4n) is 3.28. The van der Waals surface area contributed by atoms with E-state index in [1.807, 2.05) is 23.2 Å². The molecule has 0 bridgehead atoms. The largest absolute Gasteiger partial charge is 0.486 e. The Morgan fingerprint density at radius 1 is 1.30 bits per heavy atom. The van der Waals surface area contributed by atoms with Gasteiger partial charge in [-0.3, -0.25) is 4.79 Å². The van der Waals surface area contributed by atoms with Crippen LogP contribution in [0.5, 0.6) is 11.5 Å². The zero-order valence-corrected chi connectivity index (χ0v) is 13.3. The lowest BCUT2D eigenvalue weighted by Crippen LogP contribution is -2.31. The number of likely N-dealkylation sites (tertiary alicyclic amines) is 1. The third kappa shape index (κ3) is 2.55. The van der Waals surface area contributed by atoms with Crippen LogP contribution in [0.4, 0.5) is 0 Å². The summed E-state index contributed by atoms with van der Waals surface area (Å²) in [5.41, 5.74) is 1.61. The first-order valence-electron chi connectivity index (χ1n) is 7.77. The number of H-pyrrole nitrogens is 1. The molecule has 0 saturated carbocycles. The third-order valence-electron chi connectivity index (χ3n) is 4.34. The van der Waals surface area contributed by atoms with Gasteiger partial charge in [0.05, 0.1) is 11.1 Å². The number of carbonyl (C=O) groups excluding carboxylic acids is 1. The maximum atomic E-state index is 12.9. The molecule has 1 fully saturated rings. The van der Waals surface area contributed by atoms with E-state index in [4.69, 9.17) is 21.1 Å². The van der Waals surface area contributed by atoms with E-state index in [9.17, 15) is 4.79 Å². The fourth-order valence-corrected chi connectivity index (χ4v) is 3.55. The van der Waals surface area contributed by atoms with Crippen molar-refractivity contribution in [2.45, 2.75) is 18.9 Å². The summed E-state index contributed by atoms with van der Waals surface area (Å²) in [5, 5.41) is 0.418. The minimum absolute atomic E-state index is 0.0269. The normalized spacial score (nSPS) is 19.9. The first-order chi connectivity index (χ1) is 11.2. The number of halogens is 1. The van der Waals surface area contributed by atoms with E-state index in [0.29, 0.717) is 35.3 Å². The van der Waals surface area contributed by atoms with Gasteiger partial charge in [0.25, 0.3) is 5.91 Å². The average molecular weight is 333 g/mol. The monoisotopic (exact) mass is 332 g/mol. The number of ether oxygens (including phenoxy) is 2. The topological polar surface area (TPSA) is 54.6 Å². The molecule has 23 heavy (non-hydrogen) atoms. The molecule has 1 atom stereocenters. The van der Waals surface area contributed by atoms with Gasteiger partial charge in [0.1, 0.15) is 13.2 Å². The molecule has 1 N–H and O–H groups in total. The average Bonchev–Trinajstić information content (AvgIpc) is 3.25. The molecule has 0 spiro atoms. The molecular weight excluding hydrogens is 316 g/mol. The second kappa shape index (κ2) is 5.81. The maximum Gasteiger partial charge on any atom is 0.254 e. The van der Waals surface area contributed by atoms with Crippen LogP contribution in [-0.4, -0.2) is 35.5 Å². The first kappa shape index (κ1) is 14.5. The van der Waals surface area contributed by atoms with Crippen LogP contribution in [0.25, 0.3) is 0 Å². The van der Waals surface area contributed by atoms with E-state index in [1.165, 1.54) is 0 Å². The van der Waals surface area contributed by atoms with Crippen molar-refractivity contribution in [3.8, 4) is 11.5 Å². The second-order valence-corrected chi connectivity index (χ2v) is 6.17. The zero-order valence-electron chi connectivity index (χ0n) is 12.5. The van der Waals surface area contributed by atoms with Crippen LogP contribution < -0.4 is 9.47 Å². The van der Waals surface area contributed by atoms with E-state index in [2.05, 4.69) is 4.98 Å². The molecule has 0 unspecified atom stereocenters. The molecule has 1 amide bonds. The number of carbonyl (C=O) groups is 1. The number of fused-ring (bicyclic) bond motifs is 1. The van der Waals surface area contributed by atoms with Crippen LogP contribution in [0.15, 0.2) is 30.5 Å². The maximum absolute atomic E-state index is 12.9. The van der Waals surface area contributed by atoms with Crippen LogP contribution in [-0.2, 0) is 0 Å². The lowest BCUT2D eigenvalue weighted by Gasteiger charge is -2.25. The molecule has 0 radical (unpaired) electrons. The molecule has 2 aliphatic heterocycles. The molecule has 0 aliphatic carbocycles. The number of nitrogens with zero attached hydrogens (tertiary/aromatic N) is 1. The van der Waals surface area contributed by atoms with Crippen LogP contribution in [0.2, 0.25) is 5.02 Å². The Balaban J connectivity index is 1.65. The Bertz CT molecular complexity index is 730. The molecule has 1 saturated heterocycles. The number of aromatic nitrogens is 1. The SMILES string of the molecule is O=C(c1cc(Cl)c2c(c1)OCCO2)N1CCC[C@H]1c1ccc[nH]1. The molecule has 1 aromatic heterocycles. The van der Waals surface area contributed by atoms with Gasteiger partial charge in [-0.15, -0.1) is 0 Å². The van der Waals surface area contributed by atoms with Gasteiger partial charge in [-0.1, -0.05) is 11.6 Å². The molecule has 120 valence electrons. The third-order valence-corrected chi connectivity index (χ3v) is 4.62. The van der Waals surface area contributed by atoms with Gasteiger partial charge in [-0.2, -0.15) is 0 Å². The first-order valence-corrected chi connectivity index (χ1v) is 8.15. The van der Waals surface area contributed by atoms with Gasteiger partial charge < -0.3 is 19.4 Å². The molecule has 6 heteroatoms. The highest BCUT2D eigenvalue weighted by Gasteiger charge is 2.32. The Labute approximate surface area is 139 Å². The quantitative estimate of drug-likeness (QED) is 0.916. The van der Waals surface area contributed by atoms with Crippen LogP contribution in [0, 0.1) is 0 Å². The number of rotatable bonds is 2. The molecular formula is C17H17ClN2O3. The van der Waals surface area contributed by atoms with Crippen LogP contribution in [0.1, 0.15) is 34.9 Å². The van der Waals surface area contributed by atoms with Crippen molar-refractivity contribution in [2.75, 3.05) is 19.8 Å². The van der Waals surface area contributed by atoms with Crippen molar-refractivity contribution >= 4 is 17.5 Å². The Morgan fingerprint density at radius 3 is 3.00 bits per heavy atom. The number of hydrogen-bond acceptors (Lipinski definition) is 3. The fraction of sp³-hybridized carbons (Fsp3) is 0.353. The summed E-state index contributed by atoms with van der Waals surface area (Å²) in [5.74, 6) is 1.04. The zero-order chi connectivity index (χ0) is 15.8. The lowest BCUT2D eigenvalue weighted by molar-refractivity contribution is 0.0732. The lowest BCUT2D eigenvalue weighted by atomic mass is 10.1. The molecule has 2 aliphatic rings. The van der Waals surface area contributed by atoms with Gasteiger partial charge in [0.15, 0.2) is 11.5 Å². The van der Waals surface area contributed by atoms with E-state index >= 15 is 0 Å². The Hall–Kier alpha value is -2.14. The smallest absolute Gasteiger partial charge is 0.254 e. The van der Waals surface area contributed by atoms with Crippen molar-refractivity contribution in [3.05, 3.63) is 46.7 Å². The van der Waals surface area contributed by atoms with Crippen LogP contribution in [0.3, 0.4) is 0 Å². The summed E-state index contributed by atoms with van der Waals surface area (Å²) >= 11 is 6.25. The second-order valence-electron chi connectivity index (χ2n) is 5.76. The summed E-state index contributed by atoms with van der Waals surface area (Å²) in [6, 6.07) is 7.46. The number of nitrogens with one attached hydrogen (secondary N) is 1. The minimum atomic E-state index is -0.0269. The highest BCUT2D eigenvalue weighted by atomic mass is 35.5. The summed E-state index contributed by atoms with van der Waals surface area (Å²) in [7, 11) is 0. The number of aromatic amines is 1. The predicted octanol–water partition coefficient (Wildman–Crippen LogP) is 3.42. The highest BCUT2D eigenvalue weighted by molar-refractivity contribution is 6.32. The van der Waals surface area contributed by atoms with E-state index in [0.717, 1.165) is 25.1 Å². The van der Waals surface area contributed by atoms with Crippen molar-refractivity contribution < 1.29 is 14.3 Å². The minimum Gasteiger partial charge on any atom is -0.486 e. The van der Waals surface area contributed by atoms with E-state index in [-0.39, 0.29) is 11.9 Å². The van der Waals surface area contributed by atoms with Crippen molar-refractivity contribution in [1.29, 1.82) is 0 Å². The van der Waals surface area contributed by atoms with Gasteiger partial charge in [-0.25, -0.2) is 0 Å². The van der Waals surface area contributed by atoms with Crippen molar-refractivity contribution in [2.24, 2.45) is 0 Å². The van der Waals surface area contributed by atoms with Gasteiger partial charge in [-0.05, 0) is 37.1 Å². The summed E-state index contributed by atoms with van der Waals surface area (Å²) in [6.45, 7) is 1.69. The molecule has 2 aromatic rings. The van der Waals surface area contributed by atoms with Crippen molar-refractivity contribution in [3.63, 3.8) is 0 Å². The number of amides is 1. The standard InChI is InChI=1S/C17H17ClN2O3/c18-12-9-11(10-15-16(12)23-8-7-22-15)17(21)20-6-2-4-14(20)13-3-1-5-19-13/h1,3,5,9-10,14,19H,2,4,6-8H2/t14-/m0/s1. The number of benzene rings is 1. The van der Waals surface area contributed by atoms with Gasteiger partial charge in [0, 0.05) is 24.0 Å². The Kier molecular flexibility index (Phi) is 3.65. The Morgan fingerprint density at radius 2 is 2.17 bits per heavy atom. The highest BCUT2D eigenvalue weighted by Crippen LogP contribution is 2.40. The van der Waals surface area contributed by atoms with Crippen molar-refractivity contribution in [1.82, 2.24) is 9.88 Å². The molecule has 4 rings (SSSR count). The number of hydrogen-bond donors (Lipinski definition) is 1. The van der Waals surface area contributed by atoms with Crippen LogP contribution >= 0.6 is 11.6 Å². The summed E-state index contributed by atoms with van der Waals surface area (Å²) in [6.07, 6.45) is 3.84. The molecule has 5 nitrogen and oxygen atoms in total. The molecule has 1 aromatic carbocycles. The van der Waals surface area contributed by atoms with Gasteiger partial charge in [0.2, 0.25) is 0 Å². The summed E-state index contributed by atoms with van der Waals surface area (Å²) < 4.78 is 11.1. The molecule has 3 heterocycles.